The Morgan fingerprint density at radius 3 is 1.63 bits per heavy atom. The second-order valence-corrected chi connectivity index (χ2v) is 4.71. The van der Waals surface area contributed by atoms with Crippen LogP contribution in [0.4, 0.5) is 0 Å². The molecule has 0 heterocycles. The van der Waals surface area contributed by atoms with Gasteiger partial charge in [-0.05, 0) is 32.9 Å². The molecule has 6 heteroatoms. The molecule has 0 radical (unpaired) electrons. The van der Waals surface area contributed by atoms with E-state index in [1.165, 1.54) is 0 Å². The van der Waals surface area contributed by atoms with Gasteiger partial charge in [-0.3, -0.25) is 0 Å². The molecule has 0 aliphatic carbocycles. The van der Waals surface area contributed by atoms with E-state index in [1.807, 2.05) is 45.0 Å². The first-order chi connectivity index (χ1) is 8.78. The summed E-state index contributed by atoms with van der Waals surface area (Å²) in [6.07, 6.45) is 0. The Morgan fingerprint density at radius 2 is 1.37 bits per heavy atom. The van der Waals surface area contributed by atoms with E-state index in [9.17, 15) is 0 Å². The third-order valence-electron chi connectivity index (χ3n) is 1.81. The molecule has 0 bridgehead atoms. The van der Waals surface area contributed by atoms with Gasteiger partial charge in [0.1, 0.15) is 0 Å². The molecule has 1 aromatic rings. The molecule has 0 aliphatic rings. The van der Waals surface area contributed by atoms with Gasteiger partial charge in [0.15, 0.2) is 0 Å². The molecule has 19 heavy (non-hydrogen) atoms. The quantitative estimate of drug-likeness (QED) is 0.742. The van der Waals surface area contributed by atoms with Crippen LogP contribution in [-0.4, -0.2) is 34.8 Å². The topological polar surface area (TPSA) is 83.0 Å². The molecular formula is C13H23NO4Si. The van der Waals surface area contributed by atoms with E-state index in [2.05, 4.69) is 0 Å². The van der Waals surface area contributed by atoms with Crippen LogP contribution in [0.1, 0.15) is 26.3 Å². The van der Waals surface area contributed by atoms with Gasteiger partial charge in [0.2, 0.25) is 0 Å². The second-order valence-electron chi connectivity index (χ2n) is 3.13. The fourth-order valence-corrected chi connectivity index (χ4v) is 2.17. The van der Waals surface area contributed by atoms with Crippen LogP contribution < -0.4 is 0 Å². The molecule has 1 rings (SSSR count). The number of rotatable bonds is 6. The maximum Gasteiger partial charge on any atom is 0.484 e. The van der Waals surface area contributed by atoms with E-state index in [4.69, 9.17) is 18.5 Å². The van der Waals surface area contributed by atoms with Crippen LogP contribution in [0.2, 0.25) is 0 Å². The molecule has 2 N–H and O–H groups in total. The molecule has 0 amide bonds. The minimum atomic E-state index is -1.73. The highest BCUT2D eigenvalue weighted by Crippen LogP contribution is 1.93. The molecule has 0 aliphatic heterocycles. The maximum atomic E-state index is 8.29. The fourth-order valence-electron chi connectivity index (χ4n) is 1.07. The standard InChI is InChI=1S/C7H5N.C6H16O3Si.H2O/c8-6-7-4-2-1-3-5-7;1-4-7-10(8-5-2)9-6-3;/h1-5H;10H,4-6H2,1-3H3;1H2. The van der Waals surface area contributed by atoms with Gasteiger partial charge in [-0.15, -0.1) is 0 Å². The van der Waals surface area contributed by atoms with Crippen LogP contribution in [0.5, 0.6) is 0 Å². The molecule has 5 nitrogen and oxygen atoms in total. The van der Waals surface area contributed by atoms with Crippen LogP contribution in [0, 0.1) is 11.3 Å². The average molecular weight is 285 g/mol. The predicted octanol–water partition coefficient (Wildman–Crippen LogP) is 1.55. The van der Waals surface area contributed by atoms with Crippen LogP contribution in [-0.2, 0) is 13.3 Å². The van der Waals surface area contributed by atoms with Crippen molar-refractivity contribution in [1.82, 2.24) is 0 Å². The molecule has 0 saturated heterocycles. The zero-order valence-electron chi connectivity index (χ0n) is 11.8. The third kappa shape index (κ3) is 11.6. The summed E-state index contributed by atoms with van der Waals surface area (Å²) in [6.45, 7) is 7.86. The van der Waals surface area contributed by atoms with Crippen LogP contribution in [0.25, 0.3) is 0 Å². The first-order valence-electron chi connectivity index (χ1n) is 6.08. The highest BCUT2D eigenvalue weighted by atomic mass is 28.3. The number of nitriles is 1. The smallest absolute Gasteiger partial charge is 0.412 e. The van der Waals surface area contributed by atoms with Crippen LogP contribution in [0.3, 0.4) is 0 Å². The van der Waals surface area contributed by atoms with E-state index < -0.39 is 9.53 Å². The molecule has 0 atom stereocenters. The zero-order valence-corrected chi connectivity index (χ0v) is 12.9. The minimum absolute atomic E-state index is 0. The summed E-state index contributed by atoms with van der Waals surface area (Å²) in [5, 5.41) is 8.29. The van der Waals surface area contributed by atoms with Crippen molar-refractivity contribution in [1.29, 1.82) is 5.26 Å². The Kier molecular flexibility index (Phi) is 15.7. The van der Waals surface area contributed by atoms with Gasteiger partial charge in [-0.25, -0.2) is 0 Å². The Bertz CT molecular complexity index is 315. The number of hydrogen-bond donors (Lipinski definition) is 0. The number of nitrogens with zero attached hydrogens (tertiary/aromatic N) is 1. The van der Waals surface area contributed by atoms with Gasteiger partial charge in [-0.2, -0.15) is 5.26 Å². The highest BCUT2D eigenvalue weighted by molar-refractivity contribution is 6.36. The van der Waals surface area contributed by atoms with Crippen molar-refractivity contribution in [2.45, 2.75) is 20.8 Å². The first kappa shape index (κ1) is 20.1. The van der Waals surface area contributed by atoms with Crippen molar-refractivity contribution in [3.8, 4) is 6.07 Å². The normalized spacial score (nSPS) is 9.00. The maximum absolute atomic E-state index is 8.29. The molecule has 108 valence electrons. The Morgan fingerprint density at radius 1 is 0.947 bits per heavy atom. The summed E-state index contributed by atoms with van der Waals surface area (Å²) in [5.74, 6) is 0. The van der Waals surface area contributed by atoms with Crippen molar-refractivity contribution in [3.05, 3.63) is 35.9 Å². The van der Waals surface area contributed by atoms with Crippen molar-refractivity contribution in [2.24, 2.45) is 0 Å². The Balaban J connectivity index is 0. The molecule has 0 saturated carbocycles. The lowest BCUT2D eigenvalue weighted by molar-refractivity contribution is 0.107. The molecule has 0 aromatic heterocycles. The van der Waals surface area contributed by atoms with E-state index in [0.29, 0.717) is 25.4 Å². The molecule has 0 spiro atoms. The van der Waals surface area contributed by atoms with E-state index in [1.54, 1.807) is 12.1 Å². The molecular weight excluding hydrogens is 262 g/mol. The molecule has 0 unspecified atom stereocenters. The summed E-state index contributed by atoms with van der Waals surface area (Å²) < 4.78 is 15.7. The van der Waals surface area contributed by atoms with Gasteiger partial charge in [0, 0.05) is 19.8 Å². The zero-order chi connectivity index (χ0) is 13.6. The lowest BCUT2D eigenvalue weighted by Gasteiger charge is -2.12. The summed E-state index contributed by atoms with van der Waals surface area (Å²) in [4.78, 5) is 0. The van der Waals surface area contributed by atoms with Gasteiger partial charge in [-0.1, -0.05) is 18.2 Å². The summed E-state index contributed by atoms with van der Waals surface area (Å²) in [7, 11) is -1.73. The van der Waals surface area contributed by atoms with Crippen LogP contribution >= 0.6 is 0 Å². The molecule has 1 aromatic carbocycles. The third-order valence-corrected chi connectivity index (χ3v) is 3.63. The van der Waals surface area contributed by atoms with Gasteiger partial charge in [0.05, 0.1) is 11.6 Å². The van der Waals surface area contributed by atoms with Crippen molar-refractivity contribution >= 4 is 9.53 Å². The van der Waals surface area contributed by atoms with E-state index >= 15 is 0 Å². The summed E-state index contributed by atoms with van der Waals surface area (Å²) in [6, 6.07) is 11.2. The van der Waals surface area contributed by atoms with E-state index in [-0.39, 0.29) is 5.48 Å². The number of hydrogen-bond acceptors (Lipinski definition) is 4. The minimum Gasteiger partial charge on any atom is -0.412 e. The van der Waals surface area contributed by atoms with Crippen molar-refractivity contribution in [2.75, 3.05) is 19.8 Å². The predicted molar refractivity (Wildman–Crippen MR) is 76.8 cm³/mol. The van der Waals surface area contributed by atoms with E-state index in [0.717, 1.165) is 0 Å². The lowest BCUT2D eigenvalue weighted by atomic mass is 10.2. The fraction of sp³-hybridized carbons (Fsp3) is 0.462. The summed E-state index contributed by atoms with van der Waals surface area (Å²) >= 11 is 0. The average Bonchev–Trinajstić information content (AvgIpc) is 2.41. The highest BCUT2D eigenvalue weighted by Gasteiger charge is 2.11. The first-order valence-corrected chi connectivity index (χ1v) is 7.49. The monoisotopic (exact) mass is 285 g/mol. The van der Waals surface area contributed by atoms with Gasteiger partial charge in [0.25, 0.3) is 0 Å². The SMILES string of the molecule is CCO[SiH](OCC)OCC.N#Cc1ccccc1.O. The lowest BCUT2D eigenvalue weighted by Crippen LogP contribution is -2.27. The van der Waals surface area contributed by atoms with Crippen LogP contribution in [0.15, 0.2) is 30.3 Å². The van der Waals surface area contributed by atoms with Gasteiger partial charge >= 0.3 is 9.53 Å². The summed E-state index contributed by atoms with van der Waals surface area (Å²) in [5.41, 5.74) is 0.715. The van der Waals surface area contributed by atoms with Crippen molar-refractivity contribution in [3.63, 3.8) is 0 Å². The van der Waals surface area contributed by atoms with Gasteiger partial charge < -0.3 is 18.8 Å². The molecule has 0 fully saturated rings. The Hall–Kier alpha value is -1.23. The second kappa shape index (κ2) is 14.8. The van der Waals surface area contributed by atoms with Crippen molar-refractivity contribution < 1.29 is 18.8 Å². The largest absolute Gasteiger partial charge is 0.484 e. The Labute approximate surface area is 117 Å². The number of benzene rings is 1.